The van der Waals surface area contributed by atoms with E-state index in [0.717, 1.165) is 27.7 Å². The van der Waals surface area contributed by atoms with Crippen molar-refractivity contribution in [1.82, 2.24) is 19.3 Å². The van der Waals surface area contributed by atoms with Crippen LogP contribution >= 0.6 is 0 Å². The molecule has 4 atom stereocenters. The number of aliphatic hydroxyl groups excluding tert-OH is 2. The van der Waals surface area contributed by atoms with E-state index in [1.807, 2.05) is 18.2 Å². The van der Waals surface area contributed by atoms with E-state index in [4.69, 9.17) is 10.5 Å². The number of benzene rings is 2. The Morgan fingerprint density at radius 3 is 2.67 bits per heavy atom. The second-order valence-corrected chi connectivity index (χ2v) is 9.53. The summed E-state index contributed by atoms with van der Waals surface area (Å²) < 4.78 is 49.2. The van der Waals surface area contributed by atoms with Gasteiger partial charge in [0.25, 0.3) is 0 Å². The summed E-state index contributed by atoms with van der Waals surface area (Å²) in [6.07, 6.45) is -4.01. The molecule has 172 valence electrons. The van der Waals surface area contributed by atoms with Crippen molar-refractivity contribution in [2.75, 3.05) is 12.3 Å². The first-order chi connectivity index (χ1) is 15.8. The van der Waals surface area contributed by atoms with Crippen molar-refractivity contribution in [3.05, 3.63) is 66.4 Å². The van der Waals surface area contributed by atoms with E-state index in [1.54, 1.807) is 18.2 Å². The van der Waals surface area contributed by atoms with Gasteiger partial charge >= 0.3 is 0 Å². The molecule has 33 heavy (non-hydrogen) atoms. The molecule has 1 fully saturated rings. The van der Waals surface area contributed by atoms with Crippen LogP contribution in [0.4, 0.5) is 10.2 Å². The average molecular weight is 473 g/mol. The minimum Gasteiger partial charge on any atom is -0.388 e. The molecule has 2 aromatic heterocycles. The molecule has 12 heteroatoms. The van der Waals surface area contributed by atoms with Gasteiger partial charge in [-0.05, 0) is 22.9 Å². The third-order valence-electron chi connectivity index (χ3n) is 5.72. The molecule has 1 aliphatic rings. The van der Waals surface area contributed by atoms with Gasteiger partial charge < -0.3 is 20.7 Å². The molecule has 2 aromatic carbocycles. The molecular formula is C21H20FN5O5S. The fraction of sp³-hybridized carbons (Fsp3) is 0.238. The SMILES string of the molecule is Nc1ncnn2c([C@@H]3O[C@H](CNS(=O)(=O)c4ccc5ccccc5c4)[C@@H](O)[C@H]3O)cc(F)c12. The van der Waals surface area contributed by atoms with E-state index < -0.39 is 40.3 Å². The fourth-order valence-electron chi connectivity index (χ4n) is 4.02. The molecule has 0 saturated carbocycles. The molecule has 3 heterocycles. The first-order valence-electron chi connectivity index (χ1n) is 10.0. The summed E-state index contributed by atoms with van der Waals surface area (Å²) in [7, 11) is -3.92. The number of sulfonamides is 1. The van der Waals surface area contributed by atoms with Gasteiger partial charge in [-0.3, -0.25) is 0 Å². The first kappa shape index (κ1) is 21.7. The molecule has 4 aromatic rings. The molecule has 0 unspecified atom stereocenters. The van der Waals surface area contributed by atoms with Crippen LogP contribution in [0.5, 0.6) is 0 Å². The number of rotatable bonds is 5. The topological polar surface area (TPSA) is 152 Å². The highest BCUT2D eigenvalue weighted by atomic mass is 32.2. The zero-order valence-corrected chi connectivity index (χ0v) is 17.9. The van der Waals surface area contributed by atoms with E-state index in [1.165, 1.54) is 6.07 Å². The van der Waals surface area contributed by atoms with E-state index in [-0.39, 0.29) is 28.5 Å². The highest BCUT2D eigenvalue weighted by molar-refractivity contribution is 7.89. The number of nitrogen functional groups attached to an aromatic ring is 1. The summed E-state index contributed by atoms with van der Waals surface area (Å²) in [6, 6.07) is 13.1. The van der Waals surface area contributed by atoms with Gasteiger partial charge in [0.2, 0.25) is 10.0 Å². The molecule has 5 N–H and O–H groups in total. The number of ether oxygens (including phenoxy) is 1. The molecule has 10 nitrogen and oxygen atoms in total. The van der Waals surface area contributed by atoms with Crippen molar-refractivity contribution in [3.8, 4) is 0 Å². The Kier molecular flexibility index (Phi) is 5.26. The largest absolute Gasteiger partial charge is 0.388 e. The molecule has 0 aliphatic carbocycles. The maximum Gasteiger partial charge on any atom is 0.240 e. The number of halogens is 1. The fourth-order valence-corrected chi connectivity index (χ4v) is 5.10. The third kappa shape index (κ3) is 3.71. The maximum absolute atomic E-state index is 14.4. The van der Waals surface area contributed by atoms with Crippen molar-refractivity contribution < 1.29 is 27.8 Å². The highest BCUT2D eigenvalue weighted by Crippen LogP contribution is 2.35. The Hall–Kier alpha value is -3.16. The smallest absolute Gasteiger partial charge is 0.240 e. The van der Waals surface area contributed by atoms with Crippen LogP contribution in [0.15, 0.2) is 59.8 Å². The summed E-state index contributed by atoms with van der Waals surface area (Å²) in [6.45, 7) is -0.313. The molecule has 0 radical (unpaired) electrons. The molecule has 1 aliphatic heterocycles. The number of nitrogens with one attached hydrogen (secondary N) is 1. The first-order valence-corrected chi connectivity index (χ1v) is 11.5. The number of aromatic nitrogens is 3. The van der Waals surface area contributed by atoms with Crippen LogP contribution in [0, 0.1) is 5.82 Å². The predicted molar refractivity (Wildman–Crippen MR) is 116 cm³/mol. The Labute approximate surface area is 187 Å². The van der Waals surface area contributed by atoms with E-state index in [9.17, 15) is 23.0 Å². The van der Waals surface area contributed by atoms with Crippen LogP contribution in [0.2, 0.25) is 0 Å². The van der Waals surface area contributed by atoms with Crippen molar-refractivity contribution in [3.63, 3.8) is 0 Å². The van der Waals surface area contributed by atoms with Crippen LogP contribution < -0.4 is 10.5 Å². The summed E-state index contributed by atoms with van der Waals surface area (Å²) >= 11 is 0. The summed E-state index contributed by atoms with van der Waals surface area (Å²) in [4.78, 5) is 3.79. The molecule has 0 spiro atoms. The van der Waals surface area contributed by atoms with Gasteiger partial charge in [0, 0.05) is 12.6 Å². The Morgan fingerprint density at radius 2 is 1.88 bits per heavy atom. The summed E-state index contributed by atoms with van der Waals surface area (Å²) in [5, 5.41) is 26.6. The van der Waals surface area contributed by atoms with Crippen LogP contribution in [0.25, 0.3) is 16.3 Å². The lowest BCUT2D eigenvalue weighted by Gasteiger charge is -2.15. The molecule has 5 rings (SSSR count). The Balaban J connectivity index is 1.36. The van der Waals surface area contributed by atoms with Gasteiger partial charge in [-0.1, -0.05) is 30.3 Å². The predicted octanol–water partition coefficient (Wildman–Crippen LogP) is 0.744. The zero-order valence-electron chi connectivity index (χ0n) is 17.0. The summed E-state index contributed by atoms with van der Waals surface area (Å²) in [5.41, 5.74) is 5.73. The lowest BCUT2D eigenvalue weighted by molar-refractivity contribution is 0.00675. The number of nitrogens with zero attached hydrogens (tertiary/aromatic N) is 3. The minimum atomic E-state index is -3.92. The maximum atomic E-state index is 14.4. The Morgan fingerprint density at radius 1 is 1.12 bits per heavy atom. The third-order valence-corrected chi connectivity index (χ3v) is 7.14. The van der Waals surface area contributed by atoms with Crippen LogP contribution in [0.3, 0.4) is 0 Å². The van der Waals surface area contributed by atoms with Gasteiger partial charge in [-0.2, -0.15) is 5.10 Å². The van der Waals surface area contributed by atoms with E-state index in [2.05, 4.69) is 14.8 Å². The Bertz CT molecular complexity index is 1460. The lowest BCUT2D eigenvalue weighted by atomic mass is 10.1. The molecule has 0 amide bonds. The normalized spacial score (nSPS) is 23.5. The zero-order chi connectivity index (χ0) is 23.3. The monoisotopic (exact) mass is 473 g/mol. The number of fused-ring (bicyclic) bond motifs is 2. The number of nitrogens with two attached hydrogens (primary N) is 1. The number of anilines is 1. The second kappa shape index (κ2) is 8.01. The van der Waals surface area contributed by atoms with Gasteiger partial charge in [0.1, 0.15) is 36.3 Å². The molecular weight excluding hydrogens is 453 g/mol. The van der Waals surface area contributed by atoms with Crippen molar-refractivity contribution in [2.45, 2.75) is 29.3 Å². The van der Waals surface area contributed by atoms with Crippen molar-refractivity contribution in [1.29, 1.82) is 0 Å². The second-order valence-electron chi connectivity index (χ2n) is 7.76. The van der Waals surface area contributed by atoms with Gasteiger partial charge in [0.05, 0.1) is 10.6 Å². The van der Waals surface area contributed by atoms with Crippen LogP contribution in [-0.4, -0.2) is 58.1 Å². The quantitative estimate of drug-likeness (QED) is 0.331. The van der Waals surface area contributed by atoms with Gasteiger partial charge in [-0.25, -0.2) is 27.0 Å². The van der Waals surface area contributed by atoms with E-state index in [0.29, 0.717) is 0 Å². The van der Waals surface area contributed by atoms with Crippen LogP contribution in [-0.2, 0) is 14.8 Å². The highest BCUT2D eigenvalue weighted by Gasteiger charge is 2.45. The number of hydrogen-bond acceptors (Lipinski definition) is 8. The standard InChI is InChI=1S/C21H20FN5O5S/c22-14-8-15(27-17(14)21(23)24-10-25-27)20-19(29)18(28)16(32-20)9-26-33(30,31)13-6-5-11-3-1-2-4-12(11)7-13/h1-8,10,16,18-20,26,28-29H,9H2,(H2,23,24,25)/t16-,18-,19-,20+/m1/s1. The van der Waals surface area contributed by atoms with Gasteiger partial charge in [0.15, 0.2) is 11.6 Å². The van der Waals surface area contributed by atoms with E-state index >= 15 is 0 Å². The van der Waals surface area contributed by atoms with Crippen molar-refractivity contribution >= 4 is 32.1 Å². The summed E-state index contributed by atoms with van der Waals surface area (Å²) in [5.74, 6) is -0.810. The molecule has 1 saturated heterocycles. The van der Waals surface area contributed by atoms with Crippen LogP contribution in [0.1, 0.15) is 11.8 Å². The lowest BCUT2D eigenvalue weighted by Crippen LogP contribution is -2.39. The average Bonchev–Trinajstić information content (AvgIpc) is 3.29. The van der Waals surface area contributed by atoms with Gasteiger partial charge in [-0.15, -0.1) is 0 Å². The molecule has 0 bridgehead atoms. The minimum absolute atomic E-state index is 0.0533. The van der Waals surface area contributed by atoms with Crippen molar-refractivity contribution in [2.24, 2.45) is 0 Å². The number of hydrogen-bond donors (Lipinski definition) is 4. The number of aliphatic hydroxyl groups is 2.